The topological polar surface area (TPSA) is 35.3 Å². The fourth-order valence-corrected chi connectivity index (χ4v) is 1.17. The van der Waals surface area contributed by atoms with E-state index in [-0.39, 0.29) is 0 Å². The van der Waals surface area contributed by atoms with Crippen molar-refractivity contribution in [1.82, 2.24) is 5.16 Å². The first-order valence-corrected chi connectivity index (χ1v) is 3.88. The Hall–Kier alpha value is -1.77. The van der Waals surface area contributed by atoms with Gasteiger partial charge in [-0.05, 0) is 12.1 Å². The lowest BCUT2D eigenvalue weighted by atomic mass is 10.1. The predicted octanol–water partition coefficient (Wildman–Crippen LogP) is 2.15. The predicted molar refractivity (Wildman–Crippen MR) is 47.3 cm³/mol. The molecular weight excluding hydrogens is 166 g/mol. The molecule has 0 aliphatic carbocycles. The van der Waals surface area contributed by atoms with E-state index < -0.39 is 0 Å². The van der Waals surface area contributed by atoms with Gasteiger partial charge in [0.05, 0.1) is 7.11 Å². The molecule has 3 heteroatoms. The number of hydrogen-bond donors (Lipinski definition) is 0. The van der Waals surface area contributed by atoms with E-state index in [4.69, 9.17) is 4.74 Å². The van der Waals surface area contributed by atoms with Crippen molar-refractivity contribution >= 4 is 0 Å². The van der Waals surface area contributed by atoms with Crippen molar-refractivity contribution in [1.29, 1.82) is 0 Å². The van der Waals surface area contributed by atoms with Crippen molar-refractivity contribution in [2.75, 3.05) is 7.11 Å². The summed E-state index contributed by atoms with van der Waals surface area (Å²) in [5.74, 6) is 0.782. The van der Waals surface area contributed by atoms with Crippen LogP contribution in [0.1, 0.15) is 0 Å². The van der Waals surface area contributed by atoms with Gasteiger partial charge < -0.3 is 9.26 Å². The van der Waals surface area contributed by atoms with E-state index in [0.717, 1.165) is 17.0 Å². The first-order chi connectivity index (χ1) is 6.42. The summed E-state index contributed by atoms with van der Waals surface area (Å²) in [4.78, 5) is 0. The maximum atomic E-state index is 5.17. The average Bonchev–Trinajstić information content (AvgIpc) is 2.70. The minimum atomic E-state index is 0.734. The standard InChI is InChI=1S/C10H8NO2/c1-12-10-5-3-2-4-8(10)9-6-7-13-11-9/h2-6H,1H3. The number of rotatable bonds is 2. The smallest absolute Gasteiger partial charge is 0.205 e. The minimum absolute atomic E-state index is 0.734. The Kier molecular flexibility index (Phi) is 2.00. The number of benzene rings is 1. The van der Waals surface area contributed by atoms with E-state index in [0.29, 0.717) is 0 Å². The lowest BCUT2D eigenvalue weighted by molar-refractivity contribution is 0.408. The van der Waals surface area contributed by atoms with Crippen LogP contribution in [-0.4, -0.2) is 12.3 Å². The van der Waals surface area contributed by atoms with Crippen molar-refractivity contribution < 1.29 is 9.26 Å². The highest BCUT2D eigenvalue weighted by molar-refractivity contribution is 5.66. The number of nitrogens with zero attached hydrogens (tertiary/aromatic N) is 1. The highest BCUT2D eigenvalue weighted by Gasteiger charge is 2.06. The zero-order chi connectivity index (χ0) is 9.10. The summed E-state index contributed by atoms with van der Waals surface area (Å²) < 4.78 is 9.81. The second-order valence-electron chi connectivity index (χ2n) is 2.53. The molecular formula is C10H8NO2. The van der Waals surface area contributed by atoms with Crippen LogP contribution >= 0.6 is 0 Å². The number of hydrogen-bond acceptors (Lipinski definition) is 3. The Labute approximate surface area is 75.9 Å². The molecule has 13 heavy (non-hydrogen) atoms. The Morgan fingerprint density at radius 2 is 2.23 bits per heavy atom. The van der Waals surface area contributed by atoms with Crippen molar-refractivity contribution in [3.63, 3.8) is 0 Å². The molecule has 0 amide bonds. The monoisotopic (exact) mass is 174 g/mol. The molecule has 2 aromatic rings. The van der Waals surface area contributed by atoms with Crippen LogP contribution in [0.4, 0.5) is 0 Å². The molecule has 0 saturated heterocycles. The maximum absolute atomic E-state index is 5.17. The normalized spacial score (nSPS) is 9.92. The fourth-order valence-electron chi connectivity index (χ4n) is 1.17. The van der Waals surface area contributed by atoms with Gasteiger partial charge in [-0.3, -0.25) is 0 Å². The number of ether oxygens (including phenoxy) is 1. The van der Waals surface area contributed by atoms with Crippen LogP contribution in [0.2, 0.25) is 0 Å². The zero-order valence-electron chi connectivity index (χ0n) is 7.15. The molecule has 0 aliphatic rings. The van der Waals surface area contributed by atoms with E-state index in [1.165, 1.54) is 0 Å². The molecule has 1 aromatic carbocycles. The highest BCUT2D eigenvalue weighted by Crippen LogP contribution is 2.27. The van der Waals surface area contributed by atoms with E-state index in [2.05, 4.69) is 15.9 Å². The summed E-state index contributed by atoms with van der Waals surface area (Å²) >= 11 is 0. The molecule has 1 aromatic heterocycles. The van der Waals surface area contributed by atoms with Crippen LogP contribution < -0.4 is 4.74 Å². The Bertz CT molecular complexity index is 382. The van der Waals surface area contributed by atoms with Crippen LogP contribution in [0.25, 0.3) is 11.3 Å². The molecule has 0 atom stereocenters. The third-order valence-electron chi connectivity index (χ3n) is 1.78. The summed E-state index contributed by atoms with van der Waals surface area (Å²) in [7, 11) is 1.63. The summed E-state index contributed by atoms with van der Waals surface area (Å²) in [5, 5.41) is 3.78. The second kappa shape index (κ2) is 3.31. The third-order valence-corrected chi connectivity index (χ3v) is 1.78. The van der Waals surface area contributed by atoms with Crippen molar-refractivity contribution in [2.24, 2.45) is 0 Å². The number of methoxy groups -OCH3 is 1. The molecule has 0 N–H and O–H groups in total. The van der Waals surface area contributed by atoms with Crippen molar-refractivity contribution in [3.8, 4) is 17.0 Å². The van der Waals surface area contributed by atoms with Gasteiger partial charge >= 0.3 is 0 Å². The first kappa shape index (κ1) is 7.86. The second-order valence-corrected chi connectivity index (χ2v) is 2.53. The van der Waals surface area contributed by atoms with Gasteiger partial charge in [-0.2, -0.15) is 0 Å². The van der Waals surface area contributed by atoms with Crippen LogP contribution in [0.15, 0.2) is 34.9 Å². The van der Waals surface area contributed by atoms with Crippen molar-refractivity contribution in [2.45, 2.75) is 0 Å². The quantitative estimate of drug-likeness (QED) is 0.699. The van der Waals surface area contributed by atoms with Crippen LogP contribution in [0.3, 0.4) is 0 Å². The van der Waals surface area contributed by atoms with E-state index in [9.17, 15) is 0 Å². The molecule has 3 nitrogen and oxygen atoms in total. The Morgan fingerprint density at radius 1 is 1.38 bits per heavy atom. The van der Waals surface area contributed by atoms with E-state index >= 15 is 0 Å². The largest absolute Gasteiger partial charge is 0.496 e. The summed E-state index contributed by atoms with van der Waals surface area (Å²) in [5.41, 5.74) is 1.65. The minimum Gasteiger partial charge on any atom is -0.496 e. The molecule has 0 saturated carbocycles. The molecule has 1 heterocycles. The van der Waals surface area contributed by atoms with Crippen LogP contribution in [-0.2, 0) is 0 Å². The van der Waals surface area contributed by atoms with E-state index in [1.54, 1.807) is 13.2 Å². The van der Waals surface area contributed by atoms with E-state index in [1.807, 2.05) is 24.3 Å². The van der Waals surface area contributed by atoms with Gasteiger partial charge in [0.25, 0.3) is 0 Å². The number of para-hydroxylation sites is 1. The molecule has 0 fully saturated rings. The SMILES string of the molecule is COc1ccccc1-c1c[c]on1. The molecule has 0 unspecified atom stereocenters. The van der Waals surface area contributed by atoms with Crippen molar-refractivity contribution in [3.05, 3.63) is 36.6 Å². The lowest BCUT2D eigenvalue weighted by Gasteiger charge is -2.03. The summed E-state index contributed by atoms with van der Waals surface area (Å²) in [6.07, 6.45) is 2.54. The molecule has 1 radical (unpaired) electrons. The number of aromatic nitrogens is 1. The molecule has 65 valence electrons. The Balaban J connectivity index is 2.51. The summed E-state index contributed by atoms with van der Waals surface area (Å²) in [6, 6.07) is 9.31. The zero-order valence-corrected chi connectivity index (χ0v) is 7.15. The average molecular weight is 174 g/mol. The molecule has 0 spiro atoms. The van der Waals surface area contributed by atoms with Crippen LogP contribution in [0, 0.1) is 6.26 Å². The fraction of sp³-hybridized carbons (Fsp3) is 0.100. The van der Waals surface area contributed by atoms with Gasteiger partial charge in [-0.1, -0.05) is 17.3 Å². The van der Waals surface area contributed by atoms with Gasteiger partial charge in [-0.25, -0.2) is 0 Å². The molecule has 0 aliphatic heterocycles. The van der Waals surface area contributed by atoms with Gasteiger partial charge in [-0.15, -0.1) is 0 Å². The van der Waals surface area contributed by atoms with Crippen LogP contribution in [0.5, 0.6) is 5.75 Å². The van der Waals surface area contributed by atoms with Gasteiger partial charge in [0.2, 0.25) is 6.26 Å². The first-order valence-electron chi connectivity index (χ1n) is 3.88. The summed E-state index contributed by atoms with van der Waals surface area (Å²) in [6.45, 7) is 0. The molecule has 2 rings (SSSR count). The molecule has 0 bridgehead atoms. The van der Waals surface area contributed by atoms with Gasteiger partial charge in [0.1, 0.15) is 11.4 Å². The lowest BCUT2D eigenvalue weighted by Crippen LogP contribution is -1.86. The maximum Gasteiger partial charge on any atom is 0.205 e. The van der Waals surface area contributed by atoms with Gasteiger partial charge in [0.15, 0.2) is 0 Å². The van der Waals surface area contributed by atoms with Gasteiger partial charge in [0, 0.05) is 11.6 Å². The Morgan fingerprint density at radius 3 is 2.92 bits per heavy atom. The highest BCUT2D eigenvalue weighted by atomic mass is 16.5. The third kappa shape index (κ3) is 1.40.